The van der Waals surface area contributed by atoms with Crippen LogP contribution in [-0.4, -0.2) is 0 Å². The van der Waals surface area contributed by atoms with Crippen LogP contribution in [0.25, 0.3) is 0 Å². The molecule has 0 saturated carbocycles. The van der Waals surface area contributed by atoms with Gasteiger partial charge in [0.1, 0.15) is 18.2 Å². The van der Waals surface area contributed by atoms with Gasteiger partial charge in [-0.1, -0.05) is 0 Å². The van der Waals surface area contributed by atoms with Crippen molar-refractivity contribution in [3.8, 4) is 5.75 Å². The van der Waals surface area contributed by atoms with Gasteiger partial charge in [0.05, 0.1) is 3.79 Å². The smallest absolute Gasteiger partial charge is 0.126 e. The van der Waals surface area contributed by atoms with Crippen LogP contribution in [0.3, 0.4) is 0 Å². The second kappa shape index (κ2) is 4.97. The van der Waals surface area contributed by atoms with Crippen LogP contribution in [0.2, 0.25) is 0 Å². The van der Waals surface area contributed by atoms with Crippen molar-refractivity contribution in [1.29, 1.82) is 0 Å². The van der Waals surface area contributed by atoms with Crippen molar-refractivity contribution in [2.75, 3.05) is 0 Å². The number of hydrogen-bond donors (Lipinski definition) is 0. The molecule has 1 nitrogen and oxygen atoms in total. The molecule has 0 bridgehead atoms. The van der Waals surface area contributed by atoms with Crippen molar-refractivity contribution >= 4 is 27.3 Å². The number of hydrogen-bond acceptors (Lipinski definition) is 2. The van der Waals surface area contributed by atoms with E-state index in [-0.39, 0.29) is 5.82 Å². The third-order valence-corrected chi connectivity index (χ3v) is 3.74. The fraction of sp³-hybridized carbons (Fsp3) is 0.167. The van der Waals surface area contributed by atoms with Gasteiger partial charge in [-0.2, -0.15) is 0 Å². The first-order valence-corrected chi connectivity index (χ1v) is 6.39. The fourth-order valence-corrected chi connectivity index (χ4v) is 2.69. The van der Waals surface area contributed by atoms with Gasteiger partial charge in [0.15, 0.2) is 0 Å². The Morgan fingerprint density at radius 1 is 1.31 bits per heavy atom. The van der Waals surface area contributed by atoms with E-state index in [2.05, 4.69) is 15.9 Å². The Labute approximate surface area is 106 Å². The van der Waals surface area contributed by atoms with E-state index >= 15 is 0 Å². The van der Waals surface area contributed by atoms with Gasteiger partial charge >= 0.3 is 0 Å². The number of ether oxygens (including phenoxy) is 1. The molecule has 4 heteroatoms. The van der Waals surface area contributed by atoms with E-state index in [9.17, 15) is 4.39 Å². The molecule has 0 amide bonds. The minimum Gasteiger partial charge on any atom is -0.488 e. The van der Waals surface area contributed by atoms with E-state index in [4.69, 9.17) is 4.74 Å². The quantitative estimate of drug-likeness (QED) is 0.809. The summed E-state index contributed by atoms with van der Waals surface area (Å²) in [5.41, 5.74) is 0.602. The molecule has 0 radical (unpaired) electrons. The van der Waals surface area contributed by atoms with E-state index in [0.29, 0.717) is 17.9 Å². The summed E-state index contributed by atoms with van der Waals surface area (Å²) in [6.45, 7) is 2.24. The highest BCUT2D eigenvalue weighted by Gasteiger charge is 2.02. The van der Waals surface area contributed by atoms with Crippen LogP contribution < -0.4 is 4.74 Å². The summed E-state index contributed by atoms with van der Waals surface area (Å²) in [6, 6.07) is 8.77. The maximum Gasteiger partial charge on any atom is 0.126 e. The molecule has 0 unspecified atom stereocenters. The molecule has 0 N–H and O–H groups in total. The zero-order valence-corrected chi connectivity index (χ0v) is 11.1. The Bertz CT molecular complexity index is 496. The van der Waals surface area contributed by atoms with E-state index in [1.54, 1.807) is 30.4 Å². The molecule has 1 aromatic heterocycles. The van der Waals surface area contributed by atoms with Gasteiger partial charge < -0.3 is 4.74 Å². The molecule has 2 rings (SSSR count). The minimum atomic E-state index is -0.203. The highest BCUT2D eigenvalue weighted by atomic mass is 79.9. The first-order valence-electron chi connectivity index (χ1n) is 4.78. The molecular weight excluding hydrogens is 291 g/mol. The SMILES string of the molecule is Cc1cc(OCc2ccc(Br)s2)ccc1F. The highest BCUT2D eigenvalue weighted by Crippen LogP contribution is 2.24. The molecule has 0 fully saturated rings. The summed E-state index contributed by atoms with van der Waals surface area (Å²) in [6.07, 6.45) is 0. The number of benzene rings is 1. The number of rotatable bonds is 3. The molecule has 0 aliphatic rings. The fourth-order valence-electron chi connectivity index (χ4n) is 1.29. The van der Waals surface area contributed by atoms with Crippen molar-refractivity contribution in [1.82, 2.24) is 0 Å². The van der Waals surface area contributed by atoms with E-state index in [1.807, 2.05) is 12.1 Å². The molecular formula is C12H10BrFOS. The third-order valence-electron chi connectivity index (χ3n) is 2.14. The van der Waals surface area contributed by atoms with Gasteiger partial charge in [0, 0.05) is 4.88 Å². The lowest BCUT2D eigenvalue weighted by Crippen LogP contribution is -1.93. The Kier molecular flexibility index (Phi) is 3.61. The lowest BCUT2D eigenvalue weighted by Gasteiger charge is -2.05. The summed E-state index contributed by atoms with van der Waals surface area (Å²) >= 11 is 5.02. The first kappa shape index (κ1) is 11.6. The lowest BCUT2D eigenvalue weighted by atomic mass is 10.2. The summed E-state index contributed by atoms with van der Waals surface area (Å²) in [5, 5.41) is 0. The average molecular weight is 301 g/mol. The van der Waals surface area contributed by atoms with Gasteiger partial charge in [-0.3, -0.25) is 0 Å². The molecule has 0 spiro atoms. The second-order valence-corrected chi connectivity index (χ2v) is 5.95. The Morgan fingerprint density at radius 3 is 2.75 bits per heavy atom. The number of halogens is 2. The van der Waals surface area contributed by atoms with Crippen molar-refractivity contribution in [3.63, 3.8) is 0 Å². The zero-order valence-electron chi connectivity index (χ0n) is 8.67. The van der Waals surface area contributed by atoms with Crippen LogP contribution in [-0.2, 0) is 6.61 Å². The van der Waals surface area contributed by atoms with Crippen LogP contribution in [0.1, 0.15) is 10.4 Å². The van der Waals surface area contributed by atoms with Crippen LogP contribution in [0.5, 0.6) is 5.75 Å². The molecule has 0 aliphatic carbocycles. The topological polar surface area (TPSA) is 9.23 Å². The van der Waals surface area contributed by atoms with Gasteiger partial charge in [-0.15, -0.1) is 11.3 Å². The molecule has 0 saturated heterocycles. The predicted octanol–water partition coefficient (Wildman–Crippen LogP) is 4.54. The van der Waals surface area contributed by atoms with Crippen LogP contribution in [0.4, 0.5) is 4.39 Å². The van der Waals surface area contributed by atoms with Crippen molar-refractivity contribution < 1.29 is 9.13 Å². The van der Waals surface area contributed by atoms with Crippen molar-refractivity contribution in [2.24, 2.45) is 0 Å². The first-order chi connectivity index (χ1) is 7.65. The zero-order chi connectivity index (χ0) is 11.5. The van der Waals surface area contributed by atoms with Gasteiger partial charge in [-0.05, 0) is 58.7 Å². The second-order valence-electron chi connectivity index (χ2n) is 3.41. The molecule has 1 heterocycles. The Hall–Kier alpha value is -0.870. The van der Waals surface area contributed by atoms with Crippen LogP contribution in [0.15, 0.2) is 34.1 Å². The van der Waals surface area contributed by atoms with E-state index in [1.165, 1.54) is 6.07 Å². The van der Waals surface area contributed by atoms with Crippen LogP contribution >= 0.6 is 27.3 Å². The largest absolute Gasteiger partial charge is 0.488 e. The number of aryl methyl sites for hydroxylation is 1. The van der Waals surface area contributed by atoms with Crippen LogP contribution in [0, 0.1) is 12.7 Å². The molecule has 84 valence electrons. The summed E-state index contributed by atoms with van der Waals surface area (Å²) < 4.78 is 19.7. The van der Waals surface area contributed by atoms with E-state index < -0.39 is 0 Å². The Morgan fingerprint density at radius 2 is 2.12 bits per heavy atom. The summed E-state index contributed by atoms with van der Waals surface area (Å²) in [5.74, 6) is 0.495. The van der Waals surface area contributed by atoms with Gasteiger partial charge in [-0.25, -0.2) is 4.39 Å². The Balaban J connectivity index is 2.02. The van der Waals surface area contributed by atoms with Crippen molar-refractivity contribution in [2.45, 2.75) is 13.5 Å². The molecule has 2 aromatic rings. The summed E-state index contributed by atoms with van der Waals surface area (Å²) in [7, 11) is 0. The molecule has 0 atom stereocenters. The monoisotopic (exact) mass is 300 g/mol. The standard InChI is InChI=1S/C12H10BrFOS/c1-8-6-9(2-4-11(8)14)15-7-10-3-5-12(13)16-10/h2-6H,7H2,1H3. The van der Waals surface area contributed by atoms with Gasteiger partial charge in [0.2, 0.25) is 0 Å². The summed E-state index contributed by atoms with van der Waals surface area (Å²) in [4.78, 5) is 1.13. The maximum absolute atomic E-state index is 13.0. The average Bonchev–Trinajstić information content (AvgIpc) is 2.66. The molecule has 1 aromatic carbocycles. The number of thiophene rings is 1. The minimum absolute atomic E-state index is 0.203. The third kappa shape index (κ3) is 2.83. The molecule has 16 heavy (non-hydrogen) atoms. The normalized spacial score (nSPS) is 10.4. The lowest BCUT2D eigenvalue weighted by molar-refractivity contribution is 0.309. The predicted molar refractivity (Wildman–Crippen MR) is 67.5 cm³/mol. The maximum atomic E-state index is 13.0. The highest BCUT2D eigenvalue weighted by molar-refractivity contribution is 9.11. The molecule has 0 aliphatic heterocycles. The van der Waals surface area contributed by atoms with Crippen molar-refractivity contribution in [3.05, 3.63) is 50.4 Å². The van der Waals surface area contributed by atoms with Gasteiger partial charge in [0.25, 0.3) is 0 Å². The van der Waals surface area contributed by atoms with E-state index in [0.717, 1.165) is 8.66 Å².